The fourth-order valence-electron chi connectivity index (χ4n) is 2.56. The first-order valence-corrected chi connectivity index (χ1v) is 7.49. The highest BCUT2D eigenvalue weighted by Crippen LogP contribution is 2.27. The number of rotatable bonds is 6. The van der Waals surface area contributed by atoms with Crippen LogP contribution in [0.25, 0.3) is 10.8 Å². The van der Waals surface area contributed by atoms with Crippen molar-refractivity contribution in [3.05, 3.63) is 42.0 Å². The molecule has 0 saturated heterocycles. The molecular weight excluding hydrogens is 262 g/mol. The van der Waals surface area contributed by atoms with Gasteiger partial charge < -0.3 is 15.2 Å². The molecule has 2 rings (SSSR count). The van der Waals surface area contributed by atoms with E-state index in [1.54, 1.807) is 7.11 Å². The van der Waals surface area contributed by atoms with Gasteiger partial charge in [-0.3, -0.25) is 0 Å². The molecule has 0 spiro atoms. The van der Waals surface area contributed by atoms with E-state index in [1.807, 2.05) is 19.1 Å². The SMILES string of the molecule is CCC(C)NC(C)(CO)c1ccc2cc(OC)ccc2c1. The van der Waals surface area contributed by atoms with Crippen LogP contribution in [0.15, 0.2) is 36.4 Å². The lowest BCUT2D eigenvalue weighted by Gasteiger charge is -2.33. The van der Waals surface area contributed by atoms with E-state index in [9.17, 15) is 5.11 Å². The molecule has 0 radical (unpaired) electrons. The number of fused-ring (bicyclic) bond motifs is 1. The molecule has 3 nitrogen and oxygen atoms in total. The average molecular weight is 287 g/mol. The Morgan fingerprint density at radius 3 is 2.48 bits per heavy atom. The summed E-state index contributed by atoms with van der Waals surface area (Å²) in [6.45, 7) is 6.39. The molecule has 0 bridgehead atoms. The number of methoxy groups -OCH3 is 1. The van der Waals surface area contributed by atoms with Crippen molar-refractivity contribution in [3.63, 3.8) is 0 Å². The molecule has 2 aromatic rings. The van der Waals surface area contributed by atoms with E-state index in [1.165, 1.54) is 0 Å². The highest BCUT2D eigenvalue weighted by molar-refractivity contribution is 5.84. The summed E-state index contributed by atoms with van der Waals surface area (Å²) >= 11 is 0. The molecule has 0 amide bonds. The molecule has 0 saturated carbocycles. The van der Waals surface area contributed by atoms with E-state index in [0.717, 1.165) is 28.5 Å². The molecule has 0 aliphatic rings. The zero-order valence-corrected chi connectivity index (χ0v) is 13.3. The first kappa shape index (κ1) is 15.8. The predicted octanol–water partition coefficient (Wildman–Crippen LogP) is 3.44. The zero-order valence-electron chi connectivity index (χ0n) is 13.3. The quantitative estimate of drug-likeness (QED) is 0.855. The summed E-state index contributed by atoms with van der Waals surface area (Å²) < 4.78 is 5.26. The monoisotopic (exact) mass is 287 g/mol. The maximum atomic E-state index is 9.85. The maximum Gasteiger partial charge on any atom is 0.119 e. The molecule has 2 N–H and O–H groups in total. The maximum absolute atomic E-state index is 9.85. The number of nitrogens with one attached hydrogen (secondary N) is 1. The zero-order chi connectivity index (χ0) is 15.5. The van der Waals surface area contributed by atoms with E-state index in [2.05, 4.69) is 43.4 Å². The lowest BCUT2D eigenvalue weighted by atomic mass is 9.90. The minimum absolute atomic E-state index is 0.0685. The Bertz CT molecular complexity index is 611. The summed E-state index contributed by atoms with van der Waals surface area (Å²) in [7, 11) is 1.68. The lowest BCUT2D eigenvalue weighted by molar-refractivity contribution is 0.162. The number of hydrogen-bond donors (Lipinski definition) is 2. The Morgan fingerprint density at radius 1 is 1.19 bits per heavy atom. The van der Waals surface area contributed by atoms with Gasteiger partial charge in [0.25, 0.3) is 0 Å². The van der Waals surface area contributed by atoms with Gasteiger partial charge in [0.2, 0.25) is 0 Å². The fourth-order valence-corrected chi connectivity index (χ4v) is 2.56. The van der Waals surface area contributed by atoms with Crippen LogP contribution in [0.2, 0.25) is 0 Å². The van der Waals surface area contributed by atoms with Crippen LogP contribution in [0.5, 0.6) is 5.75 Å². The van der Waals surface area contributed by atoms with Gasteiger partial charge in [-0.15, -0.1) is 0 Å². The van der Waals surface area contributed by atoms with Crippen molar-refractivity contribution in [3.8, 4) is 5.75 Å². The van der Waals surface area contributed by atoms with Crippen molar-refractivity contribution in [2.45, 2.75) is 38.8 Å². The Morgan fingerprint density at radius 2 is 1.86 bits per heavy atom. The van der Waals surface area contributed by atoms with Gasteiger partial charge in [-0.2, -0.15) is 0 Å². The smallest absolute Gasteiger partial charge is 0.119 e. The summed E-state index contributed by atoms with van der Waals surface area (Å²) in [6, 6.07) is 12.7. The second-order valence-corrected chi connectivity index (χ2v) is 5.87. The summed E-state index contributed by atoms with van der Waals surface area (Å²) in [5.41, 5.74) is 0.673. The number of benzene rings is 2. The second kappa shape index (κ2) is 6.46. The number of aliphatic hydroxyl groups is 1. The van der Waals surface area contributed by atoms with Crippen LogP contribution in [-0.4, -0.2) is 24.9 Å². The third-order valence-electron chi connectivity index (χ3n) is 4.18. The van der Waals surface area contributed by atoms with Crippen molar-refractivity contribution in [1.29, 1.82) is 0 Å². The molecule has 2 unspecified atom stereocenters. The summed E-state index contributed by atoms with van der Waals surface area (Å²) in [5.74, 6) is 0.859. The first-order chi connectivity index (χ1) is 10.0. The number of ether oxygens (including phenoxy) is 1. The molecule has 0 aromatic heterocycles. The first-order valence-electron chi connectivity index (χ1n) is 7.49. The van der Waals surface area contributed by atoms with Crippen molar-refractivity contribution in [2.24, 2.45) is 0 Å². The van der Waals surface area contributed by atoms with Gasteiger partial charge in [0.15, 0.2) is 0 Å². The molecular formula is C18H25NO2. The topological polar surface area (TPSA) is 41.5 Å². The van der Waals surface area contributed by atoms with Gasteiger partial charge in [-0.05, 0) is 54.8 Å². The molecule has 0 heterocycles. The van der Waals surface area contributed by atoms with E-state index >= 15 is 0 Å². The van der Waals surface area contributed by atoms with E-state index in [-0.39, 0.29) is 6.61 Å². The van der Waals surface area contributed by atoms with Crippen LogP contribution in [0, 0.1) is 0 Å². The Kier molecular flexibility index (Phi) is 4.86. The lowest BCUT2D eigenvalue weighted by Crippen LogP contribution is -2.47. The minimum Gasteiger partial charge on any atom is -0.497 e. The molecule has 2 aromatic carbocycles. The highest BCUT2D eigenvalue weighted by atomic mass is 16.5. The van der Waals surface area contributed by atoms with E-state index in [0.29, 0.717) is 6.04 Å². The van der Waals surface area contributed by atoms with Crippen LogP contribution >= 0.6 is 0 Å². The summed E-state index contributed by atoms with van der Waals surface area (Å²) in [4.78, 5) is 0. The predicted molar refractivity (Wildman–Crippen MR) is 87.8 cm³/mol. The molecule has 0 aliphatic carbocycles. The molecule has 0 aliphatic heterocycles. The standard InChI is InChI=1S/C18H25NO2/c1-5-13(2)19-18(3,12-20)16-8-6-15-11-17(21-4)9-7-14(15)10-16/h6-11,13,19-20H,5,12H2,1-4H3. The van der Waals surface area contributed by atoms with Gasteiger partial charge >= 0.3 is 0 Å². The normalized spacial score (nSPS) is 15.7. The van der Waals surface area contributed by atoms with Gasteiger partial charge in [0.1, 0.15) is 5.75 Å². The van der Waals surface area contributed by atoms with Crippen LogP contribution < -0.4 is 10.1 Å². The van der Waals surface area contributed by atoms with Crippen molar-refractivity contribution in [1.82, 2.24) is 5.32 Å². The van der Waals surface area contributed by atoms with E-state index in [4.69, 9.17) is 4.74 Å². The molecule has 3 heteroatoms. The highest BCUT2D eigenvalue weighted by Gasteiger charge is 2.27. The third-order valence-corrected chi connectivity index (χ3v) is 4.18. The largest absolute Gasteiger partial charge is 0.497 e. The average Bonchev–Trinajstić information content (AvgIpc) is 2.53. The van der Waals surface area contributed by atoms with Gasteiger partial charge in [0.05, 0.1) is 19.3 Å². The Labute approximate surface area is 126 Å². The molecule has 114 valence electrons. The van der Waals surface area contributed by atoms with Crippen molar-refractivity contribution < 1.29 is 9.84 Å². The van der Waals surface area contributed by atoms with Crippen LogP contribution in [0.1, 0.15) is 32.8 Å². The minimum atomic E-state index is -0.427. The Balaban J connectivity index is 2.40. The number of hydrogen-bond acceptors (Lipinski definition) is 3. The fraction of sp³-hybridized carbons (Fsp3) is 0.444. The van der Waals surface area contributed by atoms with Crippen LogP contribution in [0.3, 0.4) is 0 Å². The summed E-state index contributed by atoms with van der Waals surface area (Å²) in [5, 5.41) is 15.7. The van der Waals surface area contributed by atoms with Crippen molar-refractivity contribution in [2.75, 3.05) is 13.7 Å². The van der Waals surface area contributed by atoms with Crippen LogP contribution in [-0.2, 0) is 5.54 Å². The molecule has 0 fully saturated rings. The van der Waals surface area contributed by atoms with Crippen molar-refractivity contribution >= 4 is 10.8 Å². The molecule has 2 atom stereocenters. The summed E-state index contributed by atoms with van der Waals surface area (Å²) in [6.07, 6.45) is 1.03. The van der Waals surface area contributed by atoms with Crippen LogP contribution in [0.4, 0.5) is 0 Å². The van der Waals surface area contributed by atoms with Gasteiger partial charge in [0, 0.05) is 6.04 Å². The van der Waals surface area contributed by atoms with E-state index < -0.39 is 5.54 Å². The third kappa shape index (κ3) is 3.36. The Hall–Kier alpha value is -1.58. The molecule has 21 heavy (non-hydrogen) atoms. The number of aliphatic hydroxyl groups excluding tert-OH is 1. The second-order valence-electron chi connectivity index (χ2n) is 5.87. The van der Waals surface area contributed by atoms with Gasteiger partial charge in [-0.1, -0.05) is 25.1 Å². The van der Waals surface area contributed by atoms with Gasteiger partial charge in [-0.25, -0.2) is 0 Å².